The zero-order valence-electron chi connectivity index (χ0n) is 13.1. The molecule has 0 aromatic carbocycles. The molecule has 2 atom stereocenters. The number of nitrogens with zero attached hydrogens (tertiary/aromatic N) is 1. The van der Waals surface area contributed by atoms with E-state index in [1.54, 1.807) is 0 Å². The maximum Gasteiger partial charge on any atom is 0.0702 e. The Kier molecular flexibility index (Phi) is 9.48. The summed E-state index contributed by atoms with van der Waals surface area (Å²) in [6, 6.07) is 0. The first-order valence-electron chi connectivity index (χ1n) is 8.34. The third-order valence-electron chi connectivity index (χ3n) is 4.26. The van der Waals surface area contributed by atoms with Crippen molar-refractivity contribution in [3.8, 4) is 0 Å². The van der Waals surface area contributed by atoms with Gasteiger partial charge in [-0.15, -0.1) is 0 Å². The topological polar surface area (TPSA) is 38.5 Å². The molecule has 3 nitrogen and oxygen atoms in total. The van der Waals surface area contributed by atoms with Crippen molar-refractivity contribution in [3.05, 3.63) is 0 Å². The lowest BCUT2D eigenvalue weighted by Crippen LogP contribution is -2.40. The Balaban J connectivity index is 2.14. The van der Waals surface area contributed by atoms with Crippen LogP contribution in [0.5, 0.6) is 0 Å². The summed E-state index contributed by atoms with van der Waals surface area (Å²) >= 11 is 0. The van der Waals surface area contributed by atoms with Crippen molar-refractivity contribution in [2.75, 3.05) is 32.8 Å². The van der Waals surface area contributed by atoms with Crippen molar-refractivity contribution < 1.29 is 4.74 Å². The van der Waals surface area contributed by atoms with E-state index in [-0.39, 0.29) is 0 Å². The van der Waals surface area contributed by atoms with Crippen LogP contribution in [-0.2, 0) is 4.74 Å². The van der Waals surface area contributed by atoms with Crippen molar-refractivity contribution >= 4 is 0 Å². The van der Waals surface area contributed by atoms with Crippen molar-refractivity contribution in [3.63, 3.8) is 0 Å². The van der Waals surface area contributed by atoms with Crippen LogP contribution in [0.2, 0.25) is 0 Å². The van der Waals surface area contributed by atoms with Crippen molar-refractivity contribution in [1.29, 1.82) is 0 Å². The third-order valence-corrected chi connectivity index (χ3v) is 4.26. The molecule has 0 amide bonds. The summed E-state index contributed by atoms with van der Waals surface area (Å²) < 4.78 is 5.89. The lowest BCUT2D eigenvalue weighted by Gasteiger charge is -2.32. The lowest BCUT2D eigenvalue weighted by molar-refractivity contribution is -0.000600. The van der Waals surface area contributed by atoms with E-state index >= 15 is 0 Å². The summed E-state index contributed by atoms with van der Waals surface area (Å²) in [6.07, 6.45) is 9.30. The van der Waals surface area contributed by atoms with Gasteiger partial charge in [0.2, 0.25) is 0 Å². The summed E-state index contributed by atoms with van der Waals surface area (Å²) in [5, 5.41) is 0. The Morgan fingerprint density at radius 1 is 1.32 bits per heavy atom. The predicted molar refractivity (Wildman–Crippen MR) is 82.4 cm³/mol. The Hall–Kier alpha value is -0.120. The van der Waals surface area contributed by atoms with Gasteiger partial charge in [-0.05, 0) is 64.1 Å². The van der Waals surface area contributed by atoms with E-state index in [9.17, 15) is 0 Å². The van der Waals surface area contributed by atoms with Crippen LogP contribution in [0.4, 0.5) is 0 Å². The van der Waals surface area contributed by atoms with Crippen LogP contribution < -0.4 is 5.73 Å². The zero-order valence-corrected chi connectivity index (χ0v) is 13.1. The maximum absolute atomic E-state index is 5.89. The van der Waals surface area contributed by atoms with E-state index in [0.717, 1.165) is 32.0 Å². The van der Waals surface area contributed by atoms with Crippen LogP contribution in [0.15, 0.2) is 0 Å². The van der Waals surface area contributed by atoms with Crippen LogP contribution in [0, 0.1) is 5.92 Å². The number of likely N-dealkylation sites (tertiary alicyclic amines) is 1. The molecule has 1 aliphatic rings. The molecule has 0 aliphatic carbocycles. The van der Waals surface area contributed by atoms with Gasteiger partial charge in [0.15, 0.2) is 0 Å². The second-order valence-electron chi connectivity index (χ2n) is 5.93. The molecule has 2 unspecified atom stereocenters. The fraction of sp³-hybridized carbons (Fsp3) is 1.00. The van der Waals surface area contributed by atoms with Crippen LogP contribution in [0.25, 0.3) is 0 Å². The number of nitrogens with two attached hydrogens (primary N) is 1. The number of ether oxygens (including phenoxy) is 1. The summed E-state index contributed by atoms with van der Waals surface area (Å²) in [5.74, 6) is 0.835. The highest BCUT2D eigenvalue weighted by Crippen LogP contribution is 2.17. The molecule has 19 heavy (non-hydrogen) atoms. The number of piperidine rings is 1. The fourth-order valence-electron chi connectivity index (χ4n) is 3.03. The van der Waals surface area contributed by atoms with Gasteiger partial charge in [0.25, 0.3) is 0 Å². The summed E-state index contributed by atoms with van der Waals surface area (Å²) in [4.78, 5) is 2.60. The maximum atomic E-state index is 5.89. The summed E-state index contributed by atoms with van der Waals surface area (Å²) in [6.45, 7) is 9.89. The molecule has 1 aliphatic heterocycles. The van der Waals surface area contributed by atoms with E-state index in [1.807, 2.05) is 0 Å². The first-order valence-corrected chi connectivity index (χ1v) is 8.34. The number of hydrogen-bond donors (Lipinski definition) is 1. The van der Waals surface area contributed by atoms with Crippen LogP contribution in [0.3, 0.4) is 0 Å². The van der Waals surface area contributed by atoms with E-state index < -0.39 is 0 Å². The smallest absolute Gasteiger partial charge is 0.0702 e. The quantitative estimate of drug-likeness (QED) is 0.663. The van der Waals surface area contributed by atoms with Gasteiger partial charge in [-0.1, -0.05) is 20.3 Å². The van der Waals surface area contributed by atoms with Gasteiger partial charge >= 0.3 is 0 Å². The highest BCUT2D eigenvalue weighted by Gasteiger charge is 2.19. The molecule has 0 spiro atoms. The SMILES string of the molecule is CCCOC1CCCN(CCCC(CC)CCN)C1. The molecule has 114 valence electrons. The molecule has 0 bridgehead atoms. The van der Waals surface area contributed by atoms with Crippen molar-refractivity contribution in [2.24, 2.45) is 11.7 Å². The highest BCUT2D eigenvalue weighted by molar-refractivity contribution is 4.73. The van der Waals surface area contributed by atoms with Gasteiger partial charge < -0.3 is 15.4 Å². The van der Waals surface area contributed by atoms with Gasteiger partial charge in [0, 0.05) is 13.2 Å². The molecule has 0 saturated carbocycles. The molecule has 1 heterocycles. The Morgan fingerprint density at radius 2 is 2.16 bits per heavy atom. The average Bonchev–Trinajstić information content (AvgIpc) is 2.44. The van der Waals surface area contributed by atoms with Gasteiger partial charge in [-0.25, -0.2) is 0 Å². The van der Waals surface area contributed by atoms with E-state index in [1.165, 1.54) is 51.6 Å². The first-order chi connectivity index (χ1) is 9.30. The fourth-order valence-corrected chi connectivity index (χ4v) is 3.03. The van der Waals surface area contributed by atoms with Gasteiger partial charge in [0.1, 0.15) is 0 Å². The Morgan fingerprint density at radius 3 is 2.84 bits per heavy atom. The second-order valence-corrected chi connectivity index (χ2v) is 5.93. The van der Waals surface area contributed by atoms with E-state index in [0.29, 0.717) is 6.10 Å². The molecule has 1 rings (SSSR count). The Bertz CT molecular complexity index is 211. The predicted octanol–water partition coefficient (Wildman–Crippen LogP) is 3.03. The second kappa shape index (κ2) is 10.6. The average molecular weight is 270 g/mol. The van der Waals surface area contributed by atoms with E-state index in [2.05, 4.69) is 18.7 Å². The van der Waals surface area contributed by atoms with Crippen LogP contribution in [0.1, 0.15) is 58.8 Å². The first kappa shape index (κ1) is 16.9. The van der Waals surface area contributed by atoms with Crippen LogP contribution in [-0.4, -0.2) is 43.8 Å². The monoisotopic (exact) mass is 270 g/mol. The lowest BCUT2D eigenvalue weighted by atomic mass is 9.96. The van der Waals surface area contributed by atoms with Gasteiger partial charge in [-0.3, -0.25) is 0 Å². The molecule has 3 heteroatoms. The molecule has 0 radical (unpaired) electrons. The molecular weight excluding hydrogens is 236 g/mol. The molecule has 0 aromatic heterocycles. The Labute approximate surface area is 119 Å². The minimum Gasteiger partial charge on any atom is -0.377 e. The molecule has 1 fully saturated rings. The molecule has 2 N–H and O–H groups in total. The van der Waals surface area contributed by atoms with Gasteiger partial charge in [0.05, 0.1) is 6.10 Å². The zero-order chi connectivity index (χ0) is 13.9. The van der Waals surface area contributed by atoms with Crippen molar-refractivity contribution in [1.82, 2.24) is 4.90 Å². The molecular formula is C16H34N2O. The summed E-state index contributed by atoms with van der Waals surface area (Å²) in [5.41, 5.74) is 5.66. The standard InChI is InChI=1S/C16H34N2O/c1-3-13-19-16-8-6-12-18(14-16)11-5-7-15(4-2)9-10-17/h15-16H,3-14,17H2,1-2H3. The minimum atomic E-state index is 0.486. The molecule has 0 aromatic rings. The van der Waals surface area contributed by atoms with E-state index in [4.69, 9.17) is 10.5 Å². The molecule has 1 saturated heterocycles. The van der Waals surface area contributed by atoms with Crippen molar-refractivity contribution in [2.45, 2.75) is 64.9 Å². The van der Waals surface area contributed by atoms with Crippen LogP contribution >= 0.6 is 0 Å². The van der Waals surface area contributed by atoms with Gasteiger partial charge in [-0.2, -0.15) is 0 Å². The largest absolute Gasteiger partial charge is 0.377 e. The summed E-state index contributed by atoms with van der Waals surface area (Å²) in [7, 11) is 0. The highest BCUT2D eigenvalue weighted by atomic mass is 16.5. The third kappa shape index (κ3) is 7.28. The number of hydrogen-bond acceptors (Lipinski definition) is 3. The minimum absolute atomic E-state index is 0.486. The normalized spacial score (nSPS) is 22.6. The number of rotatable bonds is 10.